The van der Waals surface area contributed by atoms with Crippen molar-refractivity contribution in [2.24, 2.45) is 5.41 Å². The van der Waals surface area contributed by atoms with E-state index in [0.717, 1.165) is 32.4 Å². The van der Waals surface area contributed by atoms with Gasteiger partial charge in [0.05, 0.1) is 5.56 Å². The van der Waals surface area contributed by atoms with Crippen molar-refractivity contribution in [2.45, 2.75) is 33.1 Å². The number of hydrogen-bond acceptors (Lipinski definition) is 2. The van der Waals surface area contributed by atoms with Crippen molar-refractivity contribution in [2.75, 3.05) is 18.8 Å². The fourth-order valence-corrected chi connectivity index (χ4v) is 2.49. The number of amides is 1. The molecule has 104 valence electrons. The molecule has 4 heteroatoms. The van der Waals surface area contributed by atoms with E-state index >= 15 is 0 Å². The number of hydrogen-bond donors (Lipinski definition) is 1. The van der Waals surface area contributed by atoms with Gasteiger partial charge in [-0.05, 0) is 36.5 Å². The van der Waals surface area contributed by atoms with Crippen LogP contribution < -0.4 is 5.73 Å². The second kappa shape index (κ2) is 5.19. The first kappa shape index (κ1) is 13.8. The average Bonchev–Trinajstić information content (AvgIpc) is 2.42. The zero-order chi connectivity index (χ0) is 14.0. The van der Waals surface area contributed by atoms with Crippen molar-refractivity contribution >= 4 is 11.6 Å². The molecule has 19 heavy (non-hydrogen) atoms. The van der Waals surface area contributed by atoms with Crippen molar-refractivity contribution in [3.8, 4) is 0 Å². The van der Waals surface area contributed by atoms with E-state index in [1.165, 1.54) is 18.2 Å². The average molecular weight is 264 g/mol. The van der Waals surface area contributed by atoms with E-state index < -0.39 is 5.82 Å². The summed E-state index contributed by atoms with van der Waals surface area (Å²) in [4.78, 5) is 14.1. The number of piperidine rings is 1. The first-order valence-corrected chi connectivity index (χ1v) is 6.79. The Balaban J connectivity index is 2.11. The molecule has 2 rings (SSSR count). The van der Waals surface area contributed by atoms with Gasteiger partial charge in [0, 0.05) is 18.8 Å². The van der Waals surface area contributed by atoms with Gasteiger partial charge in [0.25, 0.3) is 5.91 Å². The Morgan fingerprint density at radius 1 is 1.42 bits per heavy atom. The molecule has 0 atom stereocenters. The molecular formula is C15H21FN2O. The van der Waals surface area contributed by atoms with Crippen LogP contribution in [0.15, 0.2) is 18.2 Å². The standard InChI is InChI=1S/C15H21FN2O/c1-3-15(2)6-8-18(9-7-15)14(19)12-10-11(16)4-5-13(12)17/h4-5,10H,3,6-9,17H2,1-2H3. The highest BCUT2D eigenvalue weighted by Crippen LogP contribution is 2.34. The largest absolute Gasteiger partial charge is 0.398 e. The van der Waals surface area contributed by atoms with Gasteiger partial charge in [0.15, 0.2) is 0 Å². The highest BCUT2D eigenvalue weighted by atomic mass is 19.1. The summed E-state index contributed by atoms with van der Waals surface area (Å²) in [5.41, 5.74) is 6.71. The van der Waals surface area contributed by atoms with Crippen LogP contribution in [0, 0.1) is 11.2 Å². The molecule has 0 aliphatic carbocycles. The Hall–Kier alpha value is -1.58. The monoisotopic (exact) mass is 264 g/mol. The van der Waals surface area contributed by atoms with Crippen LogP contribution in [0.4, 0.5) is 10.1 Å². The number of nitrogens with two attached hydrogens (primary N) is 1. The van der Waals surface area contributed by atoms with E-state index in [2.05, 4.69) is 13.8 Å². The molecule has 0 aromatic heterocycles. The fourth-order valence-electron chi connectivity index (χ4n) is 2.49. The molecular weight excluding hydrogens is 243 g/mol. The van der Waals surface area contributed by atoms with Crippen LogP contribution in [0.1, 0.15) is 43.5 Å². The molecule has 1 amide bonds. The molecule has 1 fully saturated rings. The van der Waals surface area contributed by atoms with Crippen LogP contribution in [-0.2, 0) is 0 Å². The highest BCUT2D eigenvalue weighted by molar-refractivity contribution is 5.99. The van der Waals surface area contributed by atoms with Crippen molar-refractivity contribution in [3.63, 3.8) is 0 Å². The smallest absolute Gasteiger partial charge is 0.256 e. The van der Waals surface area contributed by atoms with Crippen molar-refractivity contribution in [3.05, 3.63) is 29.6 Å². The number of likely N-dealkylation sites (tertiary alicyclic amines) is 1. The first-order valence-electron chi connectivity index (χ1n) is 6.79. The maximum Gasteiger partial charge on any atom is 0.256 e. The molecule has 0 saturated carbocycles. The maximum atomic E-state index is 13.2. The van der Waals surface area contributed by atoms with Gasteiger partial charge >= 0.3 is 0 Å². The molecule has 0 spiro atoms. The minimum Gasteiger partial charge on any atom is -0.398 e. The van der Waals surface area contributed by atoms with Gasteiger partial charge in [-0.25, -0.2) is 4.39 Å². The summed E-state index contributed by atoms with van der Waals surface area (Å²) in [6.07, 6.45) is 3.10. The number of carbonyl (C=O) groups excluding carboxylic acids is 1. The van der Waals surface area contributed by atoms with E-state index in [4.69, 9.17) is 5.73 Å². The predicted molar refractivity (Wildman–Crippen MR) is 74.3 cm³/mol. The van der Waals surface area contributed by atoms with Crippen LogP contribution in [-0.4, -0.2) is 23.9 Å². The number of rotatable bonds is 2. The molecule has 1 aromatic rings. The minimum absolute atomic E-state index is 0.157. The van der Waals surface area contributed by atoms with Gasteiger partial charge in [0.1, 0.15) is 5.82 Å². The van der Waals surface area contributed by atoms with Crippen LogP contribution in [0.5, 0.6) is 0 Å². The molecule has 2 N–H and O–H groups in total. The Morgan fingerprint density at radius 3 is 2.63 bits per heavy atom. The third-order valence-electron chi connectivity index (χ3n) is 4.36. The molecule has 1 heterocycles. The lowest BCUT2D eigenvalue weighted by Gasteiger charge is -2.39. The number of carbonyl (C=O) groups is 1. The lowest BCUT2D eigenvalue weighted by Crippen LogP contribution is -2.42. The summed E-state index contributed by atoms with van der Waals surface area (Å²) < 4.78 is 13.2. The quantitative estimate of drug-likeness (QED) is 0.834. The second-order valence-corrected chi connectivity index (χ2v) is 5.69. The lowest BCUT2D eigenvalue weighted by molar-refractivity contribution is 0.0601. The van der Waals surface area contributed by atoms with Crippen molar-refractivity contribution in [1.29, 1.82) is 0 Å². The van der Waals surface area contributed by atoms with Gasteiger partial charge in [-0.3, -0.25) is 4.79 Å². The SMILES string of the molecule is CCC1(C)CCN(C(=O)c2cc(F)ccc2N)CC1. The molecule has 3 nitrogen and oxygen atoms in total. The fraction of sp³-hybridized carbons (Fsp3) is 0.533. The summed E-state index contributed by atoms with van der Waals surface area (Å²) in [7, 11) is 0. The third kappa shape index (κ3) is 2.88. The van der Waals surface area contributed by atoms with Crippen LogP contribution in [0.3, 0.4) is 0 Å². The van der Waals surface area contributed by atoms with E-state index in [1.54, 1.807) is 4.90 Å². The van der Waals surface area contributed by atoms with E-state index in [9.17, 15) is 9.18 Å². The Kier molecular flexibility index (Phi) is 3.78. The normalized spacial score (nSPS) is 18.4. The van der Waals surface area contributed by atoms with Crippen LogP contribution in [0.2, 0.25) is 0 Å². The predicted octanol–water partition coefficient (Wildman–Crippen LogP) is 3.06. The first-order chi connectivity index (χ1) is 8.95. The molecule has 0 unspecified atom stereocenters. The van der Waals surface area contributed by atoms with Gasteiger partial charge < -0.3 is 10.6 Å². The summed E-state index contributed by atoms with van der Waals surface area (Å²) >= 11 is 0. The molecule has 0 radical (unpaired) electrons. The second-order valence-electron chi connectivity index (χ2n) is 5.69. The van der Waals surface area contributed by atoms with Gasteiger partial charge in [0.2, 0.25) is 0 Å². The zero-order valence-corrected chi connectivity index (χ0v) is 11.6. The van der Waals surface area contributed by atoms with Crippen molar-refractivity contribution < 1.29 is 9.18 Å². The van der Waals surface area contributed by atoms with E-state index in [-0.39, 0.29) is 11.5 Å². The van der Waals surface area contributed by atoms with Gasteiger partial charge in [-0.15, -0.1) is 0 Å². The van der Waals surface area contributed by atoms with Gasteiger partial charge in [-0.1, -0.05) is 20.3 Å². The topological polar surface area (TPSA) is 46.3 Å². The van der Waals surface area contributed by atoms with E-state index in [1.807, 2.05) is 0 Å². The summed E-state index contributed by atoms with van der Waals surface area (Å²) in [5.74, 6) is -0.580. The van der Waals surface area contributed by atoms with Crippen LogP contribution in [0.25, 0.3) is 0 Å². The summed E-state index contributed by atoms with van der Waals surface area (Å²) in [6.45, 7) is 5.88. The molecule has 1 aliphatic heterocycles. The third-order valence-corrected chi connectivity index (χ3v) is 4.36. The van der Waals surface area contributed by atoms with Crippen molar-refractivity contribution in [1.82, 2.24) is 4.90 Å². The van der Waals surface area contributed by atoms with Crippen LogP contribution >= 0.6 is 0 Å². The summed E-state index contributed by atoms with van der Waals surface area (Å²) in [6, 6.07) is 3.95. The van der Waals surface area contributed by atoms with Gasteiger partial charge in [-0.2, -0.15) is 0 Å². The Labute approximate surface area is 113 Å². The number of anilines is 1. The summed E-state index contributed by atoms with van der Waals surface area (Å²) in [5, 5.41) is 0. The molecule has 1 saturated heterocycles. The molecule has 1 aliphatic rings. The highest BCUT2D eigenvalue weighted by Gasteiger charge is 2.31. The Bertz CT molecular complexity index is 479. The lowest BCUT2D eigenvalue weighted by atomic mass is 9.78. The number of nitrogen functional groups attached to an aromatic ring is 1. The molecule has 1 aromatic carbocycles. The number of nitrogens with zero attached hydrogens (tertiary/aromatic N) is 1. The van der Waals surface area contributed by atoms with E-state index in [0.29, 0.717) is 11.1 Å². The number of halogens is 1. The minimum atomic E-state index is -0.423. The zero-order valence-electron chi connectivity index (χ0n) is 11.6. The maximum absolute atomic E-state index is 13.2. The Morgan fingerprint density at radius 2 is 2.05 bits per heavy atom. The molecule has 0 bridgehead atoms. The number of benzene rings is 1.